The lowest BCUT2D eigenvalue weighted by Gasteiger charge is -2.38. The predicted octanol–water partition coefficient (Wildman–Crippen LogP) is 0.916. The zero-order valence-corrected chi connectivity index (χ0v) is 23.6. The molecule has 2 rings (SSSR count). The zero-order valence-electron chi connectivity index (χ0n) is 23.6. The van der Waals surface area contributed by atoms with Crippen LogP contribution in [0.1, 0.15) is 26.3 Å². The number of ether oxygens (including phenoxy) is 1. The second-order valence-electron chi connectivity index (χ2n) is 10.9. The molecule has 1 fully saturated rings. The lowest BCUT2D eigenvalue weighted by atomic mass is 10.0. The molecule has 0 saturated carbocycles. The molecular formula is C26H39N5O10. The number of hydrogen-bond donors (Lipinski definition) is 3. The Morgan fingerprint density at radius 2 is 1.37 bits per heavy atom. The van der Waals surface area contributed by atoms with Crippen LogP contribution in [0.4, 0.5) is 10.5 Å². The molecule has 0 radical (unpaired) electrons. The monoisotopic (exact) mass is 581 g/mol. The van der Waals surface area contributed by atoms with E-state index in [-0.39, 0.29) is 71.0 Å². The number of rotatable bonds is 9. The molecule has 0 aromatic heterocycles. The molecule has 1 aliphatic rings. The highest BCUT2D eigenvalue weighted by molar-refractivity contribution is 5.70. The number of aliphatic carboxylic acids is 3. The Hall–Kier alpha value is -3.82. The normalized spacial score (nSPS) is 18.6. The van der Waals surface area contributed by atoms with Crippen LogP contribution >= 0.6 is 0 Å². The van der Waals surface area contributed by atoms with Gasteiger partial charge in [-0.15, -0.1) is 0 Å². The molecule has 1 saturated heterocycles. The summed E-state index contributed by atoms with van der Waals surface area (Å²) >= 11 is 0. The van der Waals surface area contributed by atoms with Crippen molar-refractivity contribution in [1.82, 2.24) is 19.6 Å². The fourth-order valence-corrected chi connectivity index (χ4v) is 4.50. The van der Waals surface area contributed by atoms with E-state index >= 15 is 0 Å². The van der Waals surface area contributed by atoms with Gasteiger partial charge in [0.1, 0.15) is 5.60 Å². The molecule has 228 valence electrons. The molecule has 15 nitrogen and oxygen atoms in total. The summed E-state index contributed by atoms with van der Waals surface area (Å²) in [7, 11) is 0. The van der Waals surface area contributed by atoms with Gasteiger partial charge in [-0.3, -0.25) is 39.2 Å². The van der Waals surface area contributed by atoms with Gasteiger partial charge in [-0.1, -0.05) is 12.1 Å². The number of carboxylic acids is 3. The molecule has 1 aromatic rings. The molecule has 15 heteroatoms. The average Bonchev–Trinajstić information content (AvgIpc) is 2.83. The van der Waals surface area contributed by atoms with E-state index in [1.165, 1.54) is 17.0 Å². The van der Waals surface area contributed by atoms with Crippen LogP contribution in [0.2, 0.25) is 0 Å². The van der Waals surface area contributed by atoms with Crippen molar-refractivity contribution in [2.24, 2.45) is 0 Å². The van der Waals surface area contributed by atoms with Crippen LogP contribution in [0.25, 0.3) is 0 Å². The largest absolute Gasteiger partial charge is 0.480 e. The number of hydrogen-bond acceptors (Lipinski definition) is 10. The van der Waals surface area contributed by atoms with Crippen molar-refractivity contribution in [3.8, 4) is 0 Å². The van der Waals surface area contributed by atoms with E-state index in [1.807, 2.05) is 0 Å². The van der Waals surface area contributed by atoms with Crippen LogP contribution in [0.3, 0.4) is 0 Å². The molecule has 1 aromatic carbocycles. The first-order valence-electron chi connectivity index (χ1n) is 13.2. The van der Waals surface area contributed by atoms with E-state index in [0.717, 1.165) is 0 Å². The first-order chi connectivity index (χ1) is 19.1. The average molecular weight is 582 g/mol. The van der Waals surface area contributed by atoms with Crippen molar-refractivity contribution in [2.75, 3.05) is 65.4 Å². The number of non-ortho nitro benzene ring substituents is 1. The smallest absolute Gasteiger partial charge is 0.410 e. The van der Waals surface area contributed by atoms with E-state index in [2.05, 4.69) is 0 Å². The highest BCUT2D eigenvalue weighted by Crippen LogP contribution is 2.17. The molecule has 0 bridgehead atoms. The van der Waals surface area contributed by atoms with E-state index in [4.69, 9.17) is 4.74 Å². The topological polar surface area (TPSA) is 194 Å². The number of carboxylic acid groups (broad SMARTS) is 3. The molecule has 0 aliphatic carbocycles. The number of benzene rings is 1. The van der Waals surface area contributed by atoms with Gasteiger partial charge in [0, 0.05) is 64.0 Å². The second-order valence-corrected chi connectivity index (χ2v) is 10.9. The molecule has 3 N–H and O–H groups in total. The second kappa shape index (κ2) is 15.3. The minimum atomic E-state index is -1.12. The molecule has 1 atom stereocenters. The van der Waals surface area contributed by atoms with Crippen LogP contribution in [0.5, 0.6) is 0 Å². The van der Waals surface area contributed by atoms with Gasteiger partial charge in [-0.2, -0.15) is 0 Å². The number of carbonyl (C=O) groups excluding carboxylic acids is 1. The lowest BCUT2D eigenvalue weighted by molar-refractivity contribution is -0.384. The van der Waals surface area contributed by atoms with Gasteiger partial charge in [-0.05, 0) is 32.8 Å². The SMILES string of the molecule is CC(C)(C)OC(=O)N1CCN(CC(=O)O)CCN(CC(=O)O)CC(Cc2ccc([N+](=O)[O-])cc2)N(CC(=O)O)CC1. The van der Waals surface area contributed by atoms with Crippen molar-refractivity contribution in [3.05, 3.63) is 39.9 Å². The Labute approximate surface area is 238 Å². The van der Waals surface area contributed by atoms with Gasteiger partial charge < -0.3 is 25.0 Å². The summed E-state index contributed by atoms with van der Waals surface area (Å²) < 4.78 is 5.54. The van der Waals surface area contributed by atoms with Crippen molar-refractivity contribution >= 4 is 29.7 Å². The Bertz CT molecular complexity index is 1080. The highest BCUT2D eigenvalue weighted by atomic mass is 16.6. The van der Waals surface area contributed by atoms with Crippen LogP contribution in [0.15, 0.2) is 24.3 Å². The van der Waals surface area contributed by atoms with Gasteiger partial charge in [0.25, 0.3) is 5.69 Å². The van der Waals surface area contributed by atoms with Crippen LogP contribution in [-0.2, 0) is 25.5 Å². The van der Waals surface area contributed by atoms with Gasteiger partial charge in [-0.25, -0.2) is 4.79 Å². The van der Waals surface area contributed by atoms with Crippen molar-refractivity contribution in [3.63, 3.8) is 0 Å². The number of carbonyl (C=O) groups is 4. The fourth-order valence-electron chi connectivity index (χ4n) is 4.50. The summed E-state index contributed by atoms with van der Waals surface area (Å²) in [5.74, 6) is -3.29. The molecule has 0 spiro atoms. The standard InChI is InChI=1S/C26H39N5O10/c1-26(2,3)41-25(38)29-11-10-27(16-22(32)33)8-9-28(17-23(34)35)15-21(30(13-12-29)18-24(36)37)14-19-4-6-20(7-5-19)31(39)40/h4-7,21H,8-18H2,1-3H3,(H,32,33)(H,34,35)(H,36,37). The molecule has 41 heavy (non-hydrogen) atoms. The zero-order chi connectivity index (χ0) is 30.7. The highest BCUT2D eigenvalue weighted by Gasteiger charge is 2.29. The summed E-state index contributed by atoms with van der Waals surface area (Å²) in [6, 6.07) is 5.26. The molecular weight excluding hydrogens is 542 g/mol. The maximum atomic E-state index is 13.0. The van der Waals surface area contributed by atoms with Crippen molar-refractivity contribution < 1.29 is 44.2 Å². The van der Waals surface area contributed by atoms with Gasteiger partial charge in [0.15, 0.2) is 0 Å². The third-order valence-corrected chi connectivity index (χ3v) is 6.39. The summed E-state index contributed by atoms with van der Waals surface area (Å²) in [6.07, 6.45) is -0.383. The van der Waals surface area contributed by atoms with Crippen LogP contribution in [-0.4, -0.2) is 141 Å². The van der Waals surface area contributed by atoms with Gasteiger partial charge in [0.2, 0.25) is 0 Å². The quantitative estimate of drug-likeness (QED) is 0.275. The fraction of sp³-hybridized carbons (Fsp3) is 0.615. The Balaban J connectivity index is 2.46. The number of nitro benzene ring substituents is 1. The molecule has 1 unspecified atom stereocenters. The predicted molar refractivity (Wildman–Crippen MR) is 146 cm³/mol. The first-order valence-corrected chi connectivity index (χ1v) is 13.2. The van der Waals surface area contributed by atoms with Gasteiger partial charge in [0.05, 0.1) is 24.6 Å². The lowest BCUT2D eigenvalue weighted by Crippen LogP contribution is -2.54. The van der Waals surface area contributed by atoms with Crippen LogP contribution < -0.4 is 0 Å². The van der Waals surface area contributed by atoms with Crippen LogP contribution in [0, 0.1) is 10.1 Å². The first kappa shape index (κ1) is 33.4. The minimum absolute atomic E-state index is 0.0683. The number of nitro groups is 1. The molecule has 1 amide bonds. The Morgan fingerprint density at radius 3 is 1.90 bits per heavy atom. The van der Waals surface area contributed by atoms with E-state index in [9.17, 15) is 44.6 Å². The van der Waals surface area contributed by atoms with Crippen molar-refractivity contribution in [1.29, 1.82) is 0 Å². The van der Waals surface area contributed by atoms with Gasteiger partial charge >= 0.3 is 24.0 Å². The maximum Gasteiger partial charge on any atom is 0.410 e. The van der Waals surface area contributed by atoms with E-state index < -0.39 is 47.1 Å². The minimum Gasteiger partial charge on any atom is -0.480 e. The Morgan fingerprint density at radius 1 is 0.854 bits per heavy atom. The third kappa shape index (κ3) is 12.5. The maximum absolute atomic E-state index is 13.0. The summed E-state index contributed by atoms with van der Waals surface area (Å²) in [5, 5.41) is 39.7. The van der Waals surface area contributed by atoms with E-state index in [0.29, 0.717) is 5.56 Å². The summed E-state index contributed by atoms with van der Waals surface area (Å²) in [4.78, 5) is 64.9. The third-order valence-electron chi connectivity index (χ3n) is 6.39. The number of amides is 1. The number of nitrogens with zero attached hydrogens (tertiary/aromatic N) is 5. The Kier molecular flexibility index (Phi) is 12.4. The molecule has 1 aliphatic heterocycles. The van der Waals surface area contributed by atoms with Crippen molar-refractivity contribution in [2.45, 2.75) is 38.8 Å². The summed E-state index contributed by atoms with van der Waals surface area (Å²) in [6.45, 7) is 4.99. The molecule has 1 heterocycles. The van der Waals surface area contributed by atoms with E-state index in [1.54, 1.807) is 47.6 Å². The summed E-state index contributed by atoms with van der Waals surface area (Å²) in [5.41, 5.74) is -0.221.